The average molecular weight is 216 g/mol. The van der Waals surface area contributed by atoms with Crippen LogP contribution in [0.5, 0.6) is 5.75 Å². The normalized spacial score (nSPS) is 20.2. The molecule has 16 heavy (non-hydrogen) atoms. The molecule has 1 unspecified atom stereocenters. The first-order chi connectivity index (χ1) is 7.61. The van der Waals surface area contributed by atoms with E-state index in [2.05, 4.69) is 0 Å². The molecule has 1 atom stereocenters. The molecule has 2 N–H and O–H groups in total. The Labute approximate surface area is 95.6 Å². The minimum atomic E-state index is 0.125. The maximum absolute atomic E-state index is 10.0. The van der Waals surface area contributed by atoms with Crippen LogP contribution in [0.25, 0.3) is 5.57 Å². The number of allylic oxidation sites excluding steroid dienone is 4. The van der Waals surface area contributed by atoms with Crippen molar-refractivity contribution in [3.05, 3.63) is 47.2 Å². The van der Waals surface area contributed by atoms with Crippen molar-refractivity contribution in [1.29, 1.82) is 0 Å². The lowest BCUT2D eigenvalue weighted by Gasteiger charge is -2.18. The number of phenols is 1. The summed E-state index contributed by atoms with van der Waals surface area (Å²) in [6, 6.07) is 5.57. The topological polar surface area (TPSA) is 40.5 Å². The van der Waals surface area contributed by atoms with Gasteiger partial charge in [-0.05, 0) is 18.9 Å². The number of aromatic hydroxyl groups is 1. The molecular formula is C14H16O2. The number of hydrogen-bond donors (Lipinski definition) is 2. The summed E-state index contributed by atoms with van der Waals surface area (Å²) >= 11 is 0. The van der Waals surface area contributed by atoms with E-state index < -0.39 is 0 Å². The van der Waals surface area contributed by atoms with E-state index in [4.69, 9.17) is 0 Å². The highest BCUT2D eigenvalue weighted by Crippen LogP contribution is 2.35. The van der Waals surface area contributed by atoms with Gasteiger partial charge in [-0.15, -0.1) is 0 Å². The van der Waals surface area contributed by atoms with Crippen molar-refractivity contribution in [2.24, 2.45) is 5.92 Å². The second-order valence-corrected chi connectivity index (χ2v) is 4.31. The van der Waals surface area contributed by atoms with Gasteiger partial charge in [-0.2, -0.15) is 0 Å². The summed E-state index contributed by atoms with van der Waals surface area (Å²) in [4.78, 5) is 0. The van der Waals surface area contributed by atoms with Crippen LogP contribution >= 0.6 is 0 Å². The number of para-hydroxylation sites is 1. The van der Waals surface area contributed by atoms with Crippen LogP contribution < -0.4 is 0 Å². The molecule has 84 valence electrons. The Bertz CT molecular complexity index is 470. The van der Waals surface area contributed by atoms with Crippen molar-refractivity contribution in [2.75, 3.05) is 0 Å². The predicted molar refractivity (Wildman–Crippen MR) is 65.3 cm³/mol. The van der Waals surface area contributed by atoms with Crippen molar-refractivity contribution in [2.45, 2.75) is 20.3 Å². The zero-order valence-corrected chi connectivity index (χ0v) is 9.57. The van der Waals surface area contributed by atoms with Gasteiger partial charge in [-0.25, -0.2) is 0 Å². The van der Waals surface area contributed by atoms with E-state index in [0.717, 1.165) is 17.6 Å². The third-order valence-corrected chi connectivity index (χ3v) is 3.04. The minimum absolute atomic E-state index is 0.125. The second-order valence-electron chi connectivity index (χ2n) is 4.31. The van der Waals surface area contributed by atoms with E-state index in [9.17, 15) is 10.2 Å². The van der Waals surface area contributed by atoms with E-state index in [1.807, 2.05) is 44.2 Å². The summed E-state index contributed by atoms with van der Waals surface area (Å²) in [6.45, 7) is 3.83. The summed E-state index contributed by atoms with van der Waals surface area (Å²) in [5.41, 5.74) is 2.27. The Morgan fingerprint density at radius 2 is 2.00 bits per heavy atom. The van der Waals surface area contributed by atoms with Gasteiger partial charge < -0.3 is 10.2 Å². The van der Waals surface area contributed by atoms with Crippen LogP contribution in [0.3, 0.4) is 0 Å². The Balaban J connectivity index is 2.56. The Morgan fingerprint density at radius 3 is 2.75 bits per heavy atom. The molecule has 2 heteroatoms. The Hall–Kier alpha value is -1.70. The molecule has 0 saturated heterocycles. The van der Waals surface area contributed by atoms with Crippen molar-refractivity contribution in [3.63, 3.8) is 0 Å². The number of phenolic OH excluding ortho intramolecular Hbond substituents is 1. The van der Waals surface area contributed by atoms with Crippen molar-refractivity contribution < 1.29 is 10.2 Å². The molecule has 0 saturated carbocycles. The van der Waals surface area contributed by atoms with Gasteiger partial charge in [0.25, 0.3) is 0 Å². The predicted octanol–water partition coefficient (Wildman–Crippen LogP) is 3.57. The zero-order chi connectivity index (χ0) is 11.7. The molecule has 1 aromatic carbocycles. The maximum atomic E-state index is 10.0. The average Bonchev–Trinajstić information content (AvgIpc) is 2.27. The van der Waals surface area contributed by atoms with Gasteiger partial charge in [0.2, 0.25) is 0 Å². The number of hydrogen-bond acceptors (Lipinski definition) is 2. The van der Waals surface area contributed by atoms with Crippen LogP contribution in [-0.4, -0.2) is 10.2 Å². The van der Waals surface area contributed by atoms with E-state index in [1.165, 1.54) is 0 Å². The number of rotatable bonds is 1. The van der Waals surface area contributed by atoms with Crippen LogP contribution in [-0.2, 0) is 0 Å². The van der Waals surface area contributed by atoms with Gasteiger partial charge in [0, 0.05) is 17.1 Å². The van der Waals surface area contributed by atoms with Gasteiger partial charge in [0.15, 0.2) is 0 Å². The van der Waals surface area contributed by atoms with Crippen LogP contribution in [0.2, 0.25) is 0 Å². The summed E-state index contributed by atoms with van der Waals surface area (Å²) in [7, 11) is 0. The molecule has 0 bridgehead atoms. The molecule has 1 aliphatic rings. The molecule has 0 amide bonds. The molecule has 1 aromatic rings. The monoisotopic (exact) mass is 216 g/mol. The quantitative estimate of drug-likeness (QED) is 0.753. The lowest BCUT2D eigenvalue weighted by Crippen LogP contribution is -2.04. The standard InChI is InChI=1S/C14H16O2/c1-9-5-3-7-11(13(9)15)12-8-4-6-10(2)14(12)16/h3-5,7-8,10,15-16H,6H2,1-2H3. The number of aryl methyl sites for hydroxylation is 1. The minimum Gasteiger partial charge on any atom is -0.511 e. The molecule has 1 aliphatic carbocycles. The van der Waals surface area contributed by atoms with E-state index in [1.54, 1.807) is 0 Å². The van der Waals surface area contributed by atoms with Crippen molar-refractivity contribution >= 4 is 5.57 Å². The first-order valence-electron chi connectivity index (χ1n) is 5.50. The molecule has 0 aliphatic heterocycles. The van der Waals surface area contributed by atoms with Crippen LogP contribution in [0.15, 0.2) is 36.1 Å². The third kappa shape index (κ3) is 1.71. The zero-order valence-electron chi connectivity index (χ0n) is 9.57. The van der Waals surface area contributed by atoms with E-state index in [-0.39, 0.29) is 11.7 Å². The van der Waals surface area contributed by atoms with Crippen molar-refractivity contribution in [1.82, 2.24) is 0 Å². The molecule has 0 spiro atoms. The molecule has 2 nitrogen and oxygen atoms in total. The SMILES string of the molecule is Cc1cccc(C2=C(O)C(C)CC=C2)c1O. The van der Waals surface area contributed by atoms with Gasteiger partial charge in [-0.3, -0.25) is 0 Å². The highest BCUT2D eigenvalue weighted by atomic mass is 16.3. The summed E-state index contributed by atoms with van der Waals surface area (Å²) in [5.74, 6) is 0.742. The number of aliphatic hydroxyl groups is 1. The van der Waals surface area contributed by atoms with Crippen LogP contribution in [0.4, 0.5) is 0 Å². The molecule has 0 aromatic heterocycles. The summed E-state index contributed by atoms with van der Waals surface area (Å²) in [6.07, 6.45) is 4.76. The van der Waals surface area contributed by atoms with Crippen LogP contribution in [0, 0.1) is 12.8 Å². The Morgan fingerprint density at radius 1 is 1.25 bits per heavy atom. The fourth-order valence-corrected chi connectivity index (χ4v) is 1.96. The first-order valence-corrected chi connectivity index (χ1v) is 5.50. The molecular weight excluding hydrogens is 200 g/mol. The smallest absolute Gasteiger partial charge is 0.126 e. The van der Waals surface area contributed by atoms with Crippen molar-refractivity contribution in [3.8, 4) is 5.75 Å². The fraction of sp³-hybridized carbons (Fsp3) is 0.286. The molecule has 0 heterocycles. The molecule has 0 radical (unpaired) electrons. The third-order valence-electron chi connectivity index (χ3n) is 3.04. The summed E-state index contributed by atoms with van der Waals surface area (Å²) < 4.78 is 0. The van der Waals surface area contributed by atoms with Gasteiger partial charge >= 0.3 is 0 Å². The fourth-order valence-electron chi connectivity index (χ4n) is 1.96. The number of aliphatic hydroxyl groups excluding tert-OH is 1. The van der Waals surface area contributed by atoms with Gasteiger partial charge in [0.05, 0.1) is 0 Å². The summed E-state index contributed by atoms with van der Waals surface area (Å²) in [5, 5.41) is 20.0. The van der Waals surface area contributed by atoms with Gasteiger partial charge in [0.1, 0.15) is 11.5 Å². The first kappa shape index (κ1) is 10.8. The lowest BCUT2D eigenvalue weighted by atomic mass is 9.90. The molecule has 0 fully saturated rings. The highest BCUT2D eigenvalue weighted by Gasteiger charge is 2.18. The Kier molecular flexibility index (Phi) is 2.73. The largest absolute Gasteiger partial charge is 0.511 e. The number of benzene rings is 1. The van der Waals surface area contributed by atoms with E-state index in [0.29, 0.717) is 11.3 Å². The molecule has 2 rings (SSSR count). The lowest BCUT2D eigenvalue weighted by molar-refractivity contribution is 0.342. The van der Waals surface area contributed by atoms with Gasteiger partial charge in [-0.1, -0.05) is 37.3 Å². The highest BCUT2D eigenvalue weighted by molar-refractivity contribution is 5.80. The van der Waals surface area contributed by atoms with E-state index >= 15 is 0 Å². The second kappa shape index (κ2) is 4.05. The van der Waals surface area contributed by atoms with Crippen LogP contribution in [0.1, 0.15) is 24.5 Å². The maximum Gasteiger partial charge on any atom is 0.126 e.